The molecule has 12 nitrogen and oxygen atoms in total. The van der Waals surface area contributed by atoms with Crippen LogP contribution in [0.3, 0.4) is 0 Å². The molecule has 1 aromatic carbocycles. The number of carbonyl (C=O) groups is 4. The van der Waals surface area contributed by atoms with Crippen LogP contribution in [0.5, 0.6) is 5.75 Å². The number of Topliss-reactive ketones (excluding diaryl/α,β-unsaturated/α-hetero) is 2. The third kappa shape index (κ3) is 3.75. The van der Waals surface area contributed by atoms with E-state index in [-0.39, 0.29) is 42.5 Å². The van der Waals surface area contributed by atoms with Gasteiger partial charge in [-0.25, -0.2) is 4.79 Å². The molecule has 4 aliphatic rings. The van der Waals surface area contributed by atoms with E-state index < -0.39 is 63.8 Å². The van der Waals surface area contributed by atoms with Crippen molar-refractivity contribution in [3.63, 3.8) is 0 Å². The van der Waals surface area contributed by atoms with E-state index in [0.717, 1.165) is 0 Å². The first-order chi connectivity index (χ1) is 17.6. The summed E-state index contributed by atoms with van der Waals surface area (Å²) in [6.07, 6.45) is 0.182. The average Bonchev–Trinajstić information content (AvgIpc) is 2.96. The second-order valence-corrected chi connectivity index (χ2v) is 9.77. The molecule has 0 radical (unpaired) electrons. The second-order valence-electron chi connectivity index (χ2n) is 9.77. The molecule has 1 saturated carbocycles. The number of benzene rings is 1. The Balaban J connectivity index is 1.56. The molecule has 1 heterocycles. The highest BCUT2D eigenvalue weighted by atomic mass is 16.5. The molecule has 3 aliphatic carbocycles. The largest absolute Gasteiger partial charge is 0.508 e. The molecule has 3 amide bonds. The van der Waals surface area contributed by atoms with Crippen LogP contribution in [-0.4, -0.2) is 80.7 Å². The molecule has 5 rings (SSSR count). The average molecular weight is 514 g/mol. The second kappa shape index (κ2) is 8.89. The Hall–Kier alpha value is -3.90. The number of ether oxygens (including phenoxy) is 1. The van der Waals surface area contributed by atoms with Gasteiger partial charge < -0.3 is 41.1 Å². The minimum atomic E-state index is -2.63. The number of urea groups is 1. The summed E-state index contributed by atoms with van der Waals surface area (Å²) < 4.78 is 5.23. The Morgan fingerprint density at radius 1 is 1.14 bits per heavy atom. The number of phenolic OH excluding ortho intramolecular Hbond substituents is 1. The normalized spacial score (nSPS) is 27.8. The summed E-state index contributed by atoms with van der Waals surface area (Å²) in [5, 5.41) is 47.0. The maximum Gasteiger partial charge on any atom is 0.322 e. The first-order valence-corrected chi connectivity index (χ1v) is 12.0. The molecule has 7 N–H and O–H groups in total. The van der Waals surface area contributed by atoms with Gasteiger partial charge in [-0.05, 0) is 36.8 Å². The number of nitrogens with one attached hydrogen (secondary N) is 1. The number of carbonyl (C=O) groups excluding carboxylic acids is 4. The van der Waals surface area contributed by atoms with Crippen molar-refractivity contribution in [1.29, 1.82) is 0 Å². The van der Waals surface area contributed by atoms with Gasteiger partial charge in [0.1, 0.15) is 22.8 Å². The Morgan fingerprint density at radius 2 is 1.84 bits per heavy atom. The number of amides is 3. The highest BCUT2D eigenvalue weighted by Gasteiger charge is 2.58. The minimum Gasteiger partial charge on any atom is -0.508 e. The highest BCUT2D eigenvalue weighted by molar-refractivity contribution is 6.21. The molecule has 3 atom stereocenters. The summed E-state index contributed by atoms with van der Waals surface area (Å²) >= 11 is 0. The SMILES string of the molecule is NC(=O)C1=C(O)[C@@]2(O)C(=O)C3=C(O)c4c(ccc(NC(=O)N5CCOCC5)c4O)C[C@H]3C[C@H]2CCC1=O. The fourth-order valence-corrected chi connectivity index (χ4v) is 5.86. The van der Waals surface area contributed by atoms with Crippen LogP contribution in [0.25, 0.3) is 5.76 Å². The van der Waals surface area contributed by atoms with Crippen LogP contribution in [-0.2, 0) is 25.5 Å². The Kier molecular flexibility index (Phi) is 5.95. The van der Waals surface area contributed by atoms with E-state index in [2.05, 4.69) is 5.32 Å². The molecule has 0 unspecified atom stereocenters. The Bertz CT molecular complexity index is 1290. The maximum absolute atomic E-state index is 13.7. The molecule has 12 heteroatoms. The predicted molar refractivity (Wildman–Crippen MR) is 127 cm³/mol. The van der Waals surface area contributed by atoms with Crippen LogP contribution in [0, 0.1) is 11.8 Å². The van der Waals surface area contributed by atoms with Gasteiger partial charge >= 0.3 is 6.03 Å². The summed E-state index contributed by atoms with van der Waals surface area (Å²) in [5.41, 5.74) is 2.02. The van der Waals surface area contributed by atoms with Gasteiger partial charge in [0.15, 0.2) is 11.4 Å². The molecule has 1 aliphatic heterocycles. The lowest BCUT2D eigenvalue weighted by Gasteiger charge is -2.43. The van der Waals surface area contributed by atoms with Crippen molar-refractivity contribution >= 4 is 35.0 Å². The van der Waals surface area contributed by atoms with Gasteiger partial charge in [0.25, 0.3) is 5.91 Å². The Labute approximate surface area is 211 Å². The number of phenols is 1. The number of nitrogens with two attached hydrogens (primary N) is 1. The minimum absolute atomic E-state index is 0.0134. The smallest absolute Gasteiger partial charge is 0.322 e. The number of aliphatic hydroxyl groups is 3. The summed E-state index contributed by atoms with van der Waals surface area (Å²) in [5.74, 6) is -6.76. The van der Waals surface area contributed by atoms with Gasteiger partial charge in [0, 0.05) is 31.0 Å². The molecule has 37 heavy (non-hydrogen) atoms. The number of primary amides is 1. The van der Waals surface area contributed by atoms with E-state index in [9.17, 15) is 39.6 Å². The molecule has 1 saturated heterocycles. The standard InChI is InChI=1S/C25H27N3O9/c26-23(34)18-15(29)4-2-13-10-12-9-11-1-3-14(27-24(35)28-5-7-37-8-6-28)19(30)16(11)20(31)17(12)21(32)25(13,36)22(18)33/h1,3,12-13,30-31,33,36H,2,4-10H2,(H2,26,34)(H,27,35)/t12-,13+,25-/m0/s1. The van der Waals surface area contributed by atoms with Gasteiger partial charge in [-0.1, -0.05) is 6.07 Å². The number of aliphatic hydroxyl groups excluding tert-OH is 2. The molecule has 0 aromatic heterocycles. The van der Waals surface area contributed by atoms with Crippen molar-refractivity contribution in [3.05, 3.63) is 40.2 Å². The summed E-state index contributed by atoms with van der Waals surface area (Å²) in [4.78, 5) is 52.1. The molecule has 0 spiro atoms. The number of ketones is 2. The van der Waals surface area contributed by atoms with E-state index in [0.29, 0.717) is 31.9 Å². The van der Waals surface area contributed by atoms with Crippen LogP contribution < -0.4 is 11.1 Å². The van der Waals surface area contributed by atoms with E-state index >= 15 is 0 Å². The number of aromatic hydroxyl groups is 1. The summed E-state index contributed by atoms with van der Waals surface area (Å²) in [7, 11) is 0. The number of hydrogen-bond donors (Lipinski definition) is 6. The van der Waals surface area contributed by atoms with Crippen molar-refractivity contribution in [1.82, 2.24) is 4.90 Å². The number of nitrogens with zero attached hydrogens (tertiary/aromatic N) is 1. The summed E-state index contributed by atoms with van der Waals surface area (Å²) in [6, 6.07) is 2.66. The van der Waals surface area contributed by atoms with Crippen molar-refractivity contribution in [2.75, 3.05) is 31.6 Å². The van der Waals surface area contributed by atoms with Crippen molar-refractivity contribution < 1.29 is 44.3 Å². The first-order valence-electron chi connectivity index (χ1n) is 12.0. The third-order valence-electron chi connectivity index (χ3n) is 7.76. The fourth-order valence-electron chi connectivity index (χ4n) is 5.86. The molecule has 0 bridgehead atoms. The molecular formula is C25H27N3O9. The molecule has 1 aromatic rings. The number of anilines is 1. The van der Waals surface area contributed by atoms with Crippen molar-refractivity contribution in [3.8, 4) is 5.75 Å². The fraction of sp³-hybridized carbons (Fsp3) is 0.440. The number of morpholine rings is 1. The van der Waals surface area contributed by atoms with Gasteiger partial charge in [-0.15, -0.1) is 0 Å². The lowest BCUT2D eigenvalue weighted by atomic mass is 9.62. The van der Waals surface area contributed by atoms with E-state index in [1.54, 1.807) is 6.07 Å². The number of hydrogen-bond acceptors (Lipinski definition) is 9. The lowest BCUT2D eigenvalue weighted by Crippen LogP contribution is -2.54. The third-order valence-corrected chi connectivity index (χ3v) is 7.76. The van der Waals surface area contributed by atoms with Crippen LogP contribution in [0.15, 0.2) is 29.0 Å². The highest BCUT2D eigenvalue weighted by Crippen LogP contribution is 2.52. The van der Waals surface area contributed by atoms with Crippen LogP contribution >= 0.6 is 0 Å². The zero-order valence-corrected chi connectivity index (χ0v) is 19.8. The molecular weight excluding hydrogens is 486 g/mol. The molecule has 196 valence electrons. The molecule has 2 fully saturated rings. The predicted octanol–water partition coefficient (Wildman–Crippen LogP) is 0.678. The monoisotopic (exact) mass is 513 g/mol. The van der Waals surface area contributed by atoms with Crippen molar-refractivity contribution in [2.45, 2.75) is 31.3 Å². The zero-order valence-electron chi connectivity index (χ0n) is 19.8. The van der Waals surface area contributed by atoms with Crippen LogP contribution in [0.2, 0.25) is 0 Å². The van der Waals surface area contributed by atoms with Crippen molar-refractivity contribution in [2.24, 2.45) is 17.6 Å². The van der Waals surface area contributed by atoms with Gasteiger partial charge in [-0.2, -0.15) is 0 Å². The van der Waals surface area contributed by atoms with Gasteiger partial charge in [-0.3, -0.25) is 14.4 Å². The van der Waals surface area contributed by atoms with E-state index in [1.165, 1.54) is 11.0 Å². The lowest BCUT2D eigenvalue weighted by molar-refractivity contribution is -0.143. The van der Waals surface area contributed by atoms with E-state index in [4.69, 9.17) is 10.5 Å². The number of rotatable bonds is 2. The topological polar surface area (TPSA) is 200 Å². The Morgan fingerprint density at radius 3 is 2.51 bits per heavy atom. The summed E-state index contributed by atoms with van der Waals surface area (Å²) in [6.45, 7) is 1.51. The van der Waals surface area contributed by atoms with Gasteiger partial charge in [0.05, 0.1) is 24.5 Å². The maximum atomic E-state index is 13.7. The number of fused-ring (bicyclic) bond motifs is 3. The van der Waals surface area contributed by atoms with E-state index in [1.807, 2.05) is 0 Å². The van der Waals surface area contributed by atoms with Crippen LogP contribution in [0.1, 0.15) is 30.4 Å². The quantitative estimate of drug-likeness (QED) is 0.243. The van der Waals surface area contributed by atoms with Crippen LogP contribution in [0.4, 0.5) is 10.5 Å². The first kappa shape index (κ1) is 24.8. The van der Waals surface area contributed by atoms with Gasteiger partial charge in [0.2, 0.25) is 5.78 Å². The zero-order chi connectivity index (χ0) is 26.6.